The standard InChI is InChI=1S/C26H10N4.C12F4N4.C12H4N4/c1-29-23(13-27)25-17-9-5-3-7-15(17)19-12-22-20(11-21(19)25)16-8-4-6-10-18(16)26(22)24(14-28)30-2;1-19-5(3-17)7-9(13)11(15)8(6(4-18)20-2)12(16)10(7)14;1-15-11(7-13)9-3-5-10(6-4-9)12(8-14)16-2/h3-12H;;3-6H/b25-23+,26-24+;;. The molecule has 302 valence electrons. The second-order valence-electron chi connectivity index (χ2n) is 12.8. The Morgan fingerprint density at radius 2 is 0.591 bits per heavy atom. The van der Waals surface area contributed by atoms with Gasteiger partial charge in [0.15, 0.2) is 23.3 Å². The number of halogens is 4. The predicted octanol–water partition coefficient (Wildman–Crippen LogP) is 8.19. The lowest BCUT2D eigenvalue weighted by Crippen LogP contribution is -2.30. The highest BCUT2D eigenvalue weighted by Gasteiger charge is 2.33. The molecule has 0 aliphatic heterocycles. The van der Waals surface area contributed by atoms with Gasteiger partial charge in [-0.15, -0.1) is 0 Å². The highest BCUT2D eigenvalue weighted by molar-refractivity contribution is 6.10. The molecular weight excluding hydrogens is 845 g/mol. The molecule has 66 heavy (non-hydrogen) atoms. The maximum Gasteiger partial charge on any atom is 0.275 e. The number of hydrogen-bond acceptors (Lipinski definition) is 6. The molecule has 0 unspecified atom stereocenters. The molecule has 0 saturated heterocycles. The van der Waals surface area contributed by atoms with Gasteiger partial charge in [0.25, 0.3) is 34.2 Å². The first-order valence-electron chi connectivity index (χ1n) is 17.9. The lowest BCUT2D eigenvalue weighted by atomic mass is 9.95. The Hall–Kier alpha value is -11.3. The number of benzene rings is 5. The first kappa shape index (κ1) is 45.7. The van der Waals surface area contributed by atoms with Crippen LogP contribution < -0.4 is 20.9 Å². The molecule has 0 aromatic heterocycles. The van der Waals surface area contributed by atoms with Crippen LogP contribution in [-0.4, -0.2) is 0 Å². The third-order valence-corrected chi connectivity index (χ3v) is 9.62. The topological polar surface area (TPSA) is 169 Å². The van der Waals surface area contributed by atoms with Crippen LogP contribution in [0.2, 0.25) is 0 Å². The van der Waals surface area contributed by atoms with Crippen LogP contribution in [0.25, 0.3) is 85.3 Å². The normalized spacial score (nSPS) is 11.5. The van der Waals surface area contributed by atoms with Gasteiger partial charge in [-0.25, -0.2) is 78.2 Å². The first-order chi connectivity index (χ1) is 31.9. The number of nitriles is 6. The van der Waals surface area contributed by atoms with Crippen molar-refractivity contribution in [3.05, 3.63) is 231 Å². The second kappa shape index (κ2) is 19.8. The molecule has 0 amide bonds. The summed E-state index contributed by atoms with van der Waals surface area (Å²) < 4.78 is 54.6. The zero-order valence-electron chi connectivity index (χ0n) is 33.0. The Morgan fingerprint density at radius 1 is 0.333 bits per heavy atom. The first-order valence-corrected chi connectivity index (χ1v) is 17.9. The van der Waals surface area contributed by atoms with E-state index >= 15 is 0 Å². The predicted molar refractivity (Wildman–Crippen MR) is 227 cm³/mol. The van der Waals surface area contributed by atoms with E-state index in [0.29, 0.717) is 21.6 Å². The quantitative estimate of drug-likeness (QED) is 0.0645. The summed E-state index contributed by atoms with van der Waals surface area (Å²) in [5.74, 6) is -8.04. The largest absolute Gasteiger partial charge is 0.275 e. The van der Waals surface area contributed by atoms with E-state index in [1.54, 1.807) is 36.4 Å². The van der Waals surface area contributed by atoms with Gasteiger partial charge in [-0.1, -0.05) is 72.8 Å². The average Bonchev–Trinajstić information content (AvgIpc) is 3.84. The molecule has 0 atom stereocenters. The number of rotatable bonds is 0. The number of nitrogens with zero attached hydrogens (tertiary/aromatic N) is 12. The van der Waals surface area contributed by atoms with E-state index in [9.17, 15) is 28.1 Å². The number of hydrogen-bond donors (Lipinski definition) is 0. The minimum absolute atomic E-state index is 0.00660. The minimum Gasteiger partial charge on any atom is -0.226 e. The van der Waals surface area contributed by atoms with E-state index < -0.39 is 45.1 Å². The van der Waals surface area contributed by atoms with E-state index in [1.807, 2.05) is 72.8 Å². The lowest BCUT2D eigenvalue weighted by molar-refractivity contribution is 0.434. The summed E-state index contributed by atoms with van der Waals surface area (Å²) in [6.07, 6.45) is 0. The van der Waals surface area contributed by atoms with Gasteiger partial charge in [0.2, 0.25) is 0 Å². The van der Waals surface area contributed by atoms with Crippen molar-refractivity contribution in [3.63, 3.8) is 0 Å². The van der Waals surface area contributed by atoms with E-state index in [4.69, 9.17) is 60.5 Å². The highest BCUT2D eigenvalue weighted by Crippen LogP contribution is 2.53. The van der Waals surface area contributed by atoms with Crippen LogP contribution in [-0.2, 0) is 0 Å². The SMILES string of the molecule is [C-]#[N+]/C(C#N)=C1\c2ccccc2-c2cc3c(cc21)-c1ccccc1/C3=C(/C#N)[N+]#[C-].[C-]#[N+]C(C#N)=c1c(F)c(F)c(=C(C#N)[N+]#[C-])c(F)c1F.[C-]#[N+]C(C#N)=c1ccc(=C(C#N)[N+]#[C-])cc1. The summed E-state index contributed by atoms with van der Waals surface area (Å²) in [6, 6.07) is 35.4. The summed E-state index contributed by atoms with van der Waals surface area (Å²) in [6.45, 7) is 41.5. The van der Waals surface area contributed by atoms with Gasteiger partial charge >= 0.3 is 0 Å². The van der Waals surface area contributed by atoms with Crippen molar-refractivity contribution in [3.8, 4) is 58.7 Å². The fourth-order valence-electron chi connectivity index (χ4n) is 6.82. The molecule has 2 aliphatic rings. The summed E-state index contributed by atoms with van der Waals surface area (Å²) in [5, 5.41) is 51.5. The molecular formula is C50H14F4N12. The van der Waals surface area contributed by atoms with Gasteiger partial charge < -0.3 is 0 Å². The van der Waals surface area contributed by atoms with E-state index in [0.717, 1.165) is 56.6 Å². The molecule has 0 radical (unpaired) electrons. The second-order valence-corrected chi connectivity index (χ2v) is 12.8. The molecule has 7 rings (SSSR count). The minimum atomic E-state index is -2.01. The van der Waals surface area contributed by atoms with Crippen molar-refractivity contribution in [2.24, 2.45) is 0 Å². The van der Waals surface area contributed by atoms with Crippen LogP contribution >= 0.6 is 0 Å². The average molecular weight is 859 g/mol. The summed E-state index contributed by atoms with van der Waals surface area (Å²) in [7, 11) is 0. The maximum absolute atomic E-state index is 13.6. The Balaban J connectivity index is 0.000000198. The van der Waals surface area contributed by atoms with Crippen molar-refractivity contribution in [1.82, 2.24) is 0 Å². The van der Waals surface area contributed by atoms with Gasteiger partial charge in [-0.3, -0.25) is 0 Å². The van der Waals surface area contributed by atoms with Gasteiger partial charge in [0, 0.05) is 11.1 Å². The van der Waals surface area contributed by atoms with Gasteiger partial charge in [0.05, 0.1) is 86.3 Å². The number of fused-ring (bicyclic) bond motifs is 6. The monoisotopic (exact) mass is 858 g/mol. The molecule has 5 aromatic rings. The molecule has 5 aromatic carbocycles. The van der Waals surface area contributed by atoms with Gasteiger partial charge in [-0.2, -0.15) is 0 Å². The van der Waals surface area contributed by atoms with Gasteiger partial charge in [-0.05, 0) is 67.1 Å². The third kappa shape index (κ3) is 7.99. The summed E-state index contributed by atoms with van der Waals surface area (Å²) >= 11 is 0. The molecule has 0 bridgehead atoms. The molecule has 0 fully saturated rings. The van der Waals surface area contributed by atoms with Crippen LogP contribution in [0.15, 0.2) is 96.3 Å². The molecule has 0 spiro atoms. The fourth-order valence-corrected chi connectivity index (χ4v) is 6.82. The molecule has 2 aliphatic carbocycles. The van der Waals surface area contributed by atoms with Crippen molar-refractivity contribution in [2.45, 2.75) is 0 Å². The molecule has 0 heterocycles. The fraction of sp³-hybridized carbons (Fsp3) is 0. The van der Waals surface area contributed by atoms with E-state index in [2.05, 4.69) is 29.1 Å². The van der Waals surface area contributed by atoms with E-state index in [1.165, 1.54) is 0 Å². The van der Waals surface area contributed by atoms with Crippen molar-refractivity contribution in [2.75, 3.05) is 0 Å². The maximum atomic E-state index is 13.6. The smallest absolute Gasteiger partial charge is 0.226 e. The van der Waals surface area contributed by atoms with E-state index in [-0.39, 0.29) is 22.8 Å². The highest BCUT2D eigenvalue weighted by atomic mass is 19.2. The van der Waals surface area contributed by atoms with Crippen LogP contribution in [0.1, 0.15) is 22.3 Å². The van der Waals surface area contributed by atoms with Crippen molar-refractivity contribution in [1.29, 1.82) is 31.6 Å². The molecule has 0 saturated carbocycles. The molecule has 12 nitrogen and oxygen atoms in total. The Kier molecular flexibility index (Phi) is 13.7. The Morgan fingerprint density at radius 3 is 0.833 bits per heavy atom. The van der Waals surface area contributed by atoms with Crippen LogP contribution in [0, 0.1) is 131 Å². The zero-order chi connectivity index (χ0) is 48.2. The Bertz CT molecular complexity index is 3500. The summed E-state index contributed by atoms with van der Waals surface area (Å²) in [4.78, 5) is 18.0. The van der Waals surface area contributed by atoms with Crippen LogP contribution in [0.3, 0.4) is 0 Å². The van der Waals surface area contributed by atoms with Crippen LogP contribution in [0.5, 0.6) is 0 Å². The lowest BCUT2D eigenvalue weighted by Gasteiger charge is -2.09. The Labute approximate surface area is 371 Å². The number of allylic oxidation sites excluding steroid dienone is 2. The van der Waals surface area contributed by atoms with Crippen molar-refractivity contribution >= 4 is 33.9 Å². The van der Waals surface area contributed by atoms with Crippen LogP contribution in [0.4, 0.5) is 17.6 Å². The molecule has 0 N–H and O–H groups in total. The van der Waals surface area contributed by atoms with Crippen molar-refractivity contribution < 1.29 is 17.6 Å². The van der Waals surface area contributed by atoms with Gasteiger partial charge in [0.1, 0.15) is 0 Å². The third-order valence-electron chi connectivity index (χ3n) is 9.62. The molecule has 16 heteroatoms. The zero-order valence-corrected chi connectivity index (χ0v) is 33.0. The summed E-state index contributed by atoms with van der Waals surface area (Å²) in [5.41, 5.74) is 6.08.